The highest BCUT2D eigenvalue weighted by Crippen LogP contribution is 2.25. The van der Waals surface area contributed by atoms with E-state index >= 15 is 0 Å². The number of aromatic nitrogens is 2. The van der Waals surface area contributed by atoms with Crippen molar-refractivity contribution in [1.82, 2.24) is 9.97 Å². The Morgan fingerprint density at radius 2 is 2.04 bits per heavy atom. The molecule has 1 aromatic heterocycles. The molecule has 3 rings (SSSR count). The third-order valence-electron chi connectivity index (χ3n) is 3.09. The first-order valence-corrected chi connectivity index (χ1v) is 8.19. The molecule has 0 unspecified atom stereocenters. The largest absolute Gasteiger partial charge is 0.481 e. The summed E-state index contributed by atoms with van der Waals surface area (Å²) in [4.78, 5) is 17.9. The Morgan fingerprint density at radius 1 is 1.29 bits per heavy atom. The minimum Gasteiger partial charge on any atom is -0.481 e. The van der Waals surface area contributed by atoms with Crippen molar-refractivity contribution in [3.63, 3.8) is 0 Å². The van der Waals surface area contributed by atoms with Crippen LogP contribution in [0.25, 0.3) is 11.0 Å². The number of hydrogen-bond donors (Lipinski definition) is 2. The normalized spacial score (nSPS) is 10.4. The first kappa shape index (κ1) is 16.4. The Kier molecular flexibility index (Phi) is 4.74. The van der Waals surface area contributed by atoms with Crippen molar-refractivity contribution >= 4 is 40.4 Å². The van der Waals surface area contributed by atoms with Crippen LogP contribution in [-0.2, 0) is 4.79 Å². The standard InChI is InChI=1S/C17H10ClFN2O2S/c18-12-8-15-14(20-17(21-15)24-9-16(22)23)7-11(12)6-5-10-3-1-2-4-13(10)19/h1-4,7-8H,9H2,(H,20,21)(H,22,23). The summed E-state index contributed by atoms with van der Waals surface area (Å²) in [7, 11) is 0. The lowest BCUT2D eigenvalue weighted by molar-refractivity contribution is -0.133. The molecular weight excluding hydrogens is 351 g/mol. The maximum Gasteiger partial charge on any atom is 0.313 e. The summed E-state index contributed by atoms with van der Waals surface area (Å²) < 4.78 is 13.6. The summed E-state index contributed by atoms with van der Waals surface area (Å²) in [5.41, 5.74) is 2.11. The molecule has 4 nitrogen and oxygen atoms in total. The molecule has 0 saturated carbocycles. The molecular formula is C17H10ClFN2O2S. The number of imidazole rings is 1. The minimum absolute atomic E-state index is 0.0898. The summed E-state index contributed by atoms with van der Waals surface area (Å²) in [5.74, 6) is 4.19. The van der Waals surface area contributed by atoms with Gasteiger partial charge in [0, 0.05) is 5.56 Å². The quantitative estimate of drug-likeness (QED) is 0.548. The Bertz CT molecular complexity index is 991. The van der Waals surface area contributed by atoms with E-state index in [0.29, 0.717) is 26.8 Å². The van der Waals surface area contributed by atoms with Crippen LogP contribution >= 0.6 is 23.4 Å². The molecule has 0 saturated heterocycles. The predicted molar refractivity (Wildman–Crippen MR) is 91.8 cm³/mol. The van der Waals surface area contributed by atoms with E-state index in [9.17, 15) is 9.18 Å². The van der Waals surface area contributed by atoms with Crippen LogP contribution in [0.15, 0.2) is 41.6 Å². The third kappa shape index (κ3) is 3.70. The Hall–Kier alpha value is -2.49. The Morgan fingerprint density at radius 3 is 2.79 bits per heavy atom. The van der Waals surface area contributed by atoms with Gasteiger partial charge in [0.15, 0.2) is 5.16 Å². The SMILES string of the molecule is O=C(O)CSc1nc2cc(C#Cc3ccccc3F)c(Cl)cc2[nH]1. The highest BCUT2D eigenvalue weighted by molar-refractivity contribution is 7.99. The number of hydrogen-bond acceptors (Lipinski definition) is 3. The molecule has 0 aliphatic heterocycles. The number of carboxylic acids is 1. The van der Waals surface area contributed by atoms with Crippen molar-refractivity contribution in [2.75, 3.05) is 5.75 Å². The number of fused-ring (bicyclic) bond motifs is 1. The smallest absolute Gasteiger partial charge is 0.313 e. The van der Waals surface area contributed by atoms with Crippen LogP contribution in [0.4, 0.5) is 4.39 Å². The Labute approximate surface area is 146 Å². The molecule has 0 spiro atoms. The first-order chi connectivity index (χ1) is 11.5. The number of aliphatic carboxylic acids is 1. The number of nitrogens with one attached hydrogen (secondary N) is 1. The van der Waals surface area contributed by atoms with Gasteiger partial charge in [0.2, 0.25) is 0 Å². The fourth-order valence-electron chi connectivity index (χ4n) is 2.00. The number of H-pyrrole nitrogens is 1. The lowest BCUT2D eigenvalue weighted by Crippen LogP contribution is -1.97. The number of thioether (sulfide) groups is 1. The zero-order valence-corrected chi connectivity index (χ0v) is 13.7. The van der Waals surface area contributed by atoms with Gasteiger partial charge in [0.05, 0.1) is 27.4 Å². The minimum atomic E-state index is -0.921. The van der Waals surface area contributed by atoms with Crippen LogP contribution in [0.2, 0.25) is 5.02 Å². The van der Waals surface area contributed by atoms with Crippen LogP contribution in [-0.4, -0.2) is 26.8 Å². The maximum atomic E-state index is 13.6. The summed E-state index contributed by atoms with van der Waals surface area (Å²) in [6, 6.07) is 9.59. The second-order valence-electron chi connectivity index (χ2n) is 4.80. The van der Waals surface area contributed by atoms with Gasteiger partial charge in [-0.2, -0.15) is 0 Å². The molecule has 7 heteroatoms. The number of benzene rings is 2. The molecule has 24 heavy (non-hydrogen) atoms. The van der Waals surface area contributed by atoms with E-state index in [1.54, 1.807) is 30.3 Å². The van der Waals surface area contributed by atoms with Gasteiger partial charge in [-0.1, -0.05) is 47.3 Å². The van der Waals surface area contributed by atoms with Crippen molar-refractivity contribution in [1.29, 1.82) is 0 Å². The van der Waals surface area contributed by atoms with Crippen molar-refractivity contribution < 1.29 is 14.3 Å². The number of rotatable bonds is 3. The van der Waals surface area contributed by atoms with Crippen LogP contribution in [0.1, 0.15) is 11.1 Å². The van der Waals surface area contributed by atoms with Gasteiger partial charge in [-0.15, -0.1) is 0 Å². The molecule has 0 fully saturated rings. The van der Waals surface area contributed by atoms with Gasteiger partial charge in [0.25, 0.3) is 0 Å². The number of carboxylic acid groups (broad SMARTS) is 1. The van der Waals surface area contributed by atoms with Crippen molar-refractivity contribution in [2.24, 2.45) is 0 Å². The second-order valence-corrected chi connectivity index (χ2v) is 6.17. The Balaban J connectivity index is 1.93. The van der Waals surface area contributed by atoms with Crippen LogP contribution in [0, 0.1) is 17.7 Å². The maximum absolute atomic E-state index is 13.6. The summed E-state index contributed by atoms with van der Waals surface area (Å²) in [5, 5.41) is 9.60. The topological polar surface area (TPSA) is 66.0 Å². The van der Waals surface area contributed by atoms with E-state index in [4.69, 9.17) is 16.7 Å². The highest BCUT2D eigenvalue weighted by atomic mass is 35.5. The molecule has 2 aromatic carbocycles. The van der Waals surface area contributed by atoms with Gasteiger partial charge >= 0.3 is 5.97 Å². The van der Waals surface area contributed by atoms with Gasteiger partial charge in [-0.05, 0) is 24.3 Å². The molecule has 120 valence electrons. The number of halogens is 2. The predicted octanol–water partition coefficient (Wildman–Crippen LogP) is 3.93. The molecule has 0 radical (unpaired) electrons. The van der Waals surface area contributed by atoms with E-state index < -0.39 is 11.8 Å². The third-order valence-corrected chi connectivity index (χ3v) is 4.26. The first-order valence-electron chi connectivity index (χ1n) is 6.83. The van der Waals surface area contributed by atoms with E-state index in [-0.39, 0.29) is 11.3 Å². The molecule has 0 amide bonds. The van der Waals surface area contributed by atoms with Gasteiger partial charge in [-0.3, -0.25) is 4.79 Å². The fraction of sp³-hybridized carbons (Fsp3) is 0.0588. The lowest BCUT2D eigenvalue weighted by Gasteiger charge is -1.96. The zero-order valence-electron chi connectivity index (χ0n) is 12.1. The molecule has 0 atom stereocenters. The van der Waals surface area contributed by atoms with Crippen molar-refractivity contribution in [3.05, 3.63) is 58.4 Å². The van der Waals surface area contributed by atoms with Gasteiger partial charge in [0.1, 0.15) is 5.82 Å². The van der Waals surface area contributed by atoms with Crippen LogP contribution in [0.3, 0.4) is 0 Å². The number of carbonyl (C=O) groups is 1. The highest BCUT2D eigenvalue weighted by Gasteiger charge is 2.09. The summed E-state index contributed by atoms with van der Waals surface area (Å²) in [6.45, 7) is 0. The molecule has 0 aliphatic rings. The van der Waals surface area contributed by atoms with E-state index in [0.717, 1.165) is 11.8 Å². The molecule has 1 heterocycles. The number of nitrogens with zero attached hydrogens (tertiary/aromatic N) is 1. The average molecular weight is 361 g/mol. The number of aromatic amines is 1. The van der Waals surface area contributed by atoms with E-state index in [1.807, 2.05) is 0 Å². The lowest BCUT2D eigenvalue weighted by atomic mass is 10.1. The van der Waals surface area contributed by atoms with Gasteiger partial charge < -0.3 is 10.1 Å². The summed E-state index contributed by atoms with van der Waals surface area (Å²) in [6.07, 6.45) is 0. The monoisotopic (exact) mass is 360 g/mol. The summed E-state index contributed by atoms with van der Waals surface area (Å²) >= 11 is 7.28. The van der Waals surface area contributed by atoms with Crippen molar-refractivity contribution in [2.45, 2.75) is 5.16 Å². The zero-order chi connectivity index (χ0) is 17.1. The van der Waals surface area contributed by atoms with Crippen LogP contribution in [0.5, 0.6) is 0 Å². The molecule has 0 aliphatic carbocycles. The second kappa shape index (κ2) is 6.95. The van der Waals surface area contributed by atoms with E-state index in [2.05, 4.69) is 21.8 Å². The molecule has 3 aromatic rings. The van der Waals surface area contributed by atoms with Gasteiger partial charge in [-0.25, -0.2) is 9.37 Å². The average Bonchev–Trinajstić information content (AvgIpc) is 2.93. The molecule has 2 N–H and O–H groups in total. The van der Waals surface area contributed by atoms with Crippen LogP contribution < -0.4 is 0 Å². The fourth-order valence-corrected chi connectivity index (χ4v) is 2.81. The van der Waals surface area contributed by atoms with Crippen molar-refractivity contribution in [3.8, 4) is 11.8 Å². The molecule has 0 bridgehead atoms. The van der Waals surface area contributed by atoms with E-state index in [1.165, 1.54) is 6.07 Å².